The van der Waals surface area contributed by atoms with Crippen molar-refractivity contribution in [2.75, 3.05) is 34.3 Å². The summed E-state index contributed by atoms with van der Waals surface area (Å²) in [7, 11) is 6.16. The van der Waals surface area contributed by atoms with Crippen LogP contribution in [0.1, 0.15) is 11.8 Å². The Morgan fingerprint density at radius 1 is 1.33 bits per heavy atom. The predicted molar refractivity (Wildman–Crippen MR) is 63.9 cm³/mol. The Balaban J connectivity index is -0.000000258. The molecule has 18 heavy (non-hydrogen) atoms. The summed E-state index contributed by atoms with van der Waals surface area (Å²) in [6, 6.07) is 5.54. The molecule has 0 saturated heterocycles. The van der Waals surface area contributed by atoms with Crippen molar-refractivity contribution in [2.24, 2.45) is 0 Å². The second-order valence-corrected chi connectivity index (χ2v) is 4.54. The molecule has 6 heteroatoms. The average molecular weight is 265 g/mol. The zero-order valence-electron chi connectivity index (χ0n) is 12.4. The number of hydrogen-bond donors (Lipinski definition) is 2. The topological polar surface area (TPSA) is 80.6 Å². The molecule has 1 aromatic rings. The second-order valence-electron chi connectivity index (χ2n) is 4.54. The molecule has 0 aromatic heterocycles. The van der Waals surface area contributed by atoms with Gasteiger partial charge in [-0.2, -0.15) is 0 Å². The van der Waals surface area contributed by atoms with Gasteiger partial charge < -0.3 is 21.2 Å². The number of quaternary nitrogens is 1. The van der Waals surface area contributed by atoms with Gasteiger partial charge in [-0.3, -0.25) is 0 Å². The number of likely N-dealkylation sites (N-methyl/N-ethyl adjacent to an activating group) is 1. The standard InChI is InChI=1S/C7H6O3.C5H14NO.Na.H/c8-6-4-2-1-3-5(6)7(9)10;1-6(2,3)4-5-7;;/h1-4,8H,(H,9,10);7H,4-5H2,1-3H3;;/q;2*+1;-1/p-1. The van der Waals surface area contributed by atoms with Crippen molar-refractivity contribution in [3.63, 3.8) is 0 Å². The fraction of sp³-hybridized carbons (Fsp3) is 0.417. The first-order chi connectivity index (χ1) is 7.78. The molecule has 5 nitrogen and oxygen atoms in total. The van der Waals surface area contributed by atoms with E-state index in [2.05, 4.69) is 21.1 Å². The Hall–Kier alpha value is -0.590. The minimum Gasteiger partial charge on any atom is -1.00 e. The maximum absolute atomic E-state index is 10.7. The van der Waals surface area contributed by atoms with Crippen LogP contribution in [0.4, 0.5) is 0 Å². The van der Waals surface area contributed by atoms with E-state index in [0.717, 1.165) is 11.0 Å². The molecule has 2 N–H and O–H groups in total. The van der Waals surface area contributed by atoms with Crippen LogP contribution in [0.3, 0.4) is 0 Å². The normalized spacial score (nSPS) is 9.78. The van der Waals surface area contributed by atoms with Crippen LogP contribution in [0.25, 0.3) is 0 Å². The second kappa shape index (κ2) is 9.35. The zero-order valence-corrected chi connectivity index (χ0v) is 13.4. The van der Waals surface area contributed by atoms with E-state index in [4.69, 9.17) is 10.2 Å². The van der Waals surface area contributed by atoms with Gasteiger partial charge in [0.1, 0.15) is 6.54 Å². The summed E-state index contributed by atoms with van der Waals surface area (Å²) in [4.78, 5) is 10.2. The molecular weight excluding hydrogens is 245 g/mol. The maximum atomic E-state index is 10.7. The minimum atomic E-state index is -1.18. The number of carbonyl (C=O) groups is 1. The predicted octanol–water partition coefficient (Wildman–Crippen LogP) is -2.74. The molecule has 0 spiro atoms. The molecule has 0 fully saturated rings. The van der Waals surface area contributed by atoms with Gasteiger partial charge in [-0.1, -0.05) is 23.9 Å². The summed E-state index contributed by atoms with van der Waals surface area (Å²) in [5.74, 6) is -1.62. The van der Waals surface area contributed by atoms with Crippen LogP contribution in [0.2, 0.25) is 0 Å². The molecule has 0 saturated carbocycles. The molecule has 0 aliphatic carbocycles. The molecule has 0 radical (unpaired) electrons. The molecule has 0 aliphatic heterocycles. The summed E-state index contributed by atoms with van der Waals surface area (Å²) in [5, 5.41) is 27.4. The number of carboxylic acids is 1. The number of aliphatic hydroxyl groups is 1. The fourth-order valence-electron chi connectivity index (χ4n) is 0.943. The van der Waals surface area contributed by atoms with Gasteiger partial charge in [0.05, 0.1) is 33.3 Å². The smallest absolute Gasteiger partial charge is 1.00 e. The Labute approximate surface area is 131 Å². The van der Waals surface area contributed by atoms with E-state index in [1.165, 1.54) is 24.3 Å². The van der Waals surface area contributed by atoms with Gasteiger partial charge in [0.2, 0.25) is 0 Å². The van der Waals surface area contributed by atoms with E-state index < -0.39 is 11.7 Å². The zero-order chi connectivity index (χ0) is 13.5. The van der Waals surface area contributed by atoms with Crippen molar-refractivity contribution in [3.05, 3.63) is 29.8 Å². The Morgan fingerprint density at radius 2 is 1.83 bits per heavy atom. The monoisotopic (exact) mass is 265 g/mol. The summed E-state index contributed by atoms with van der Waals surface area (Å²) in [6.45, 7) is 1.11. The number of aliphatic hydroxyl groups excluding tert-OH is 1. The first-order valence-electron chi connectivity index (χ1n) is 5.18. The summed E-state index contributed by atoms with van der Waals surface area (Å²) in [5.41, 5.74) is -0.178. The molecule has 1 aromatic carbocycles. The number of hydrogen-bond acceptors (Lipinski definition) is 3. The number of para-hydroxylation sites is 1. The van der Waals surface area contributed by atoms with Gasteiger partial charge in [0.15, 0.2) is 0 Å². The maximum Gasteiger partial charge on any atom is 1.00 e. The van der Waals surface area contributed by atoms with Crippen LogP contribution >= 0.6 is 0 Å². The van der Waals surface area contributed by atoms with E-state index in [9.17, 15) is 9.90 Å². The van der Waals surface area contributed by atoms with Crippen LogP contribution in [0.5, 0.6) is 5.75 Å². The Morgan fingerprint density at radius 3 is 2.06 bits per heavy atom. The van der Waals surface area contributed by atoms with Gasteiger partial charge in [-0.25, -0.2) is 4.79 Å². The fourth-order valence-corrected chi connectivity index (χ4v) is 0.943. The minimum absolute atomic E-state index is 0. The van der Waals surface area contributed by atoms with Crippen molar-refractivity contribution in [3.8, 4) is 5.75 Å². The van der Waals surface area contributed by atoms with Crippen molar-refractivity contribution in [1.29, 1.82) is 0 Å². The molecule has 0 bridgehead atoms. The van der Waals surface area contributed by atoms with Gasteiger partial charge in [0, 0.05) is 0 Å². The van der Waals surface area contributed by atoms with Gasteiger partial charge in [-0.05, 0) is 6.07 Å². The number of rotatable bonds is 3. The van der Waals surface area contributed by atoms with Crippen LogP contribution in [-0.4, -0.2) is 55.0 Å². The third kappa shape index (κ3) is 9.44. The molecule has 0 heterocycles. The number of nitrogens with zero attached hydrogens (tertiary/aromatic N) is 1. The van der Waals surface area contributed by atoms with Gasteiger partial charge >= 0.3 is 35.5 Å². The van der Waals surface area contributed by atoms with E-state index >= 15 is 0 Å². The molecule has 98 valence electrons. The van der Waals surface area contributed by atoms with Gasteiger partial charge in [-0.15, -0.1) is 0 Å². The van der Waals surface area contributed by atoms with Crippen molar-refractivity contribution in [1.82, 2.24) is 0 Å². The average Bonchev–Trinajstić information content (AvgIpc) is 2.16. The molecule has 0 amide bonds. The van der Waals surface area contributed by atoms with Crippen molar-refractivity contribution >= 4 is 5.97 Å². The van der Waals surface area contributed by atoms with Crippen molar-refractivity contribution in [2.45, 2.75) is 0 Å². The molecular formula is C12H20NNaO4. The SMILES string of the molecule is C[N+](C)(C)CCO.O=C(O)c1ccccc1[O-].[H-].[Na+]. The Bertz CT molecular complexity index is 369. The largest absolute Gasteiger partial charge is 1.00 e. The van der Waals surface area contributed by atoms with Crippen molar-refractivity contribution < 1.29 is 55.6 Å². The molecule has 0 aliphatic rings. The third-order valence-corrected chi connectivity index (χ3v) is 1.89. The van der Waals surface area contributed by atoms with E-state index in [1.807, 2.05) is 0 Å². The molecule has 0 atom stereocenters. The summed E-state index contributed by atoms with van der Waals surface area (Å²) < 4.78 is 0.844. The molecule has 0 unspecified atom stereocenters. The van der Waals surface area contributed by atoms with Gasteiger partial charge in [0.25, 0.3) is 0 Å². The number of carboxylic acid groups (broad SMARTS) is 1. The third-order valence-electron chi connectivity index (χ3n) is 1.89. The Kier molecular flexibility index (Phi) is 10.3. The van der Waals surface area contributed by atoms with Crippen LogP contribution in [0.15, 0.2) is 24.3 Å². The van der Waals surface area contributed by atoms with Crippen LogP contribution in [-0.2, 0) is 0 Å². The first-order valence-corrected chi connectivity index (χ1v) is 5.18. The quantitative estimate of drug-likeness (QED) is 0.459. The number of aromatic carboxylic acids is 1. The summed E-state index contributed by atoms with van der Waals surface area (Å²) >= 11 is 0. The summed E-state index contributed by atoms with van der Waals surface area (Å²) in [6.07, 6.45) is 0. The van der Waals surface area contributed by atoms with Crippen LogP contribution in [0, 0.1) is 0 Å². The number of benzene rings is 1. The molecule has 1 rings (SSSR count). The van der Waals surface area contributed by atoms with E-state index in [-0.39, 0.29) is 43.2 Å². The van der Waals surface area contributed by atoms with E-state index in [0.29, 0.717) is 0 Å². The first kappa shape index (κ1) is 19.7. The van der Waals surface area contributed by atoms with E-state index in [1.54, 1.807) is 0 Å². The van der Waals surface area contributed by atoms with Crippen LogP contribution < -0.4 is 34.7 Å².